The number of hydrogen-bond donors (Lipinski definition) is 2. The third-order valence-electron chi connectivity index (χ3n) is 3.80. The molecule has 1 saturated heterocycles. The number of aliphatic carboxylic acids is 1. The maximum atomic E-state index is 12.5. The van der Waals surface area contributed by atoms with Gasteiger partial charge in [0.25, 0.3) is 5.91 Å². The number of hydrogen-bond acceptors (Lipinski definition) is 4. The van der Waals surface area contributed by atoms with Crippen LogP contribution < -0.4 is 5.32 Å². The quantitative estimate of drug-likeness (QED) is 0.771. The molecule has 0 unspecified atom stereocenters. The maximum Gasteiger partial charge on any atom is 0.370 e. The highest BCUT2D eigenvalue weighted by Crippen LogP contribution is 2.25. The summed E-state index contributed by atoms with van der Waals surface area (Å²) in [6.07, 6.45) is 2.30. The van der Waals surface area contributed by atoms with Gasteiger partial charge in [0.2, 0.25) is 11.7 Å². The molecule has 0 aliphatic carbocycles. The summed E-state index contributed by atoms with van der Waals surface area (Å²) in [6, 6.07) is -0.557. The van der Waals surface area contributed by atoms with Crippen LogP contribution in [0, 0.1) is 5.92 Å². The molecule has 0 saturated carbocycles. The van der Waals surface area contributed by atoms with Crippen molar-refractivity contribution in [1.29, 1.82) is 0 Å². The van der Waals surface area contributed by atoms with Crippen LogP contribution in [0.4, 0.5) is 0 Å². The van der Waals surface area contributed by atoms with Crippen LogP contribution in [-0.2, 0) is 19.1 Å². The fourth-order valence-electron chi connectivity index (χ4n) is 2.75. The second kappa shape index (κ2) is 6.15. The fraction of sp³-hybridized carbons (Fsp3) is 0.643. The van der Waals surface area contributed by atoms with E-state index in [4.69, 9.17) is 9.84 Å². The molecule has 0 aromatic carbocycles. The summed E-state index contributed by atoms with van der Waals surface area (Å²) in [5.41, 5.74) is 0. The molecule has 0 aromatic rings. The van der Waals surface area contributed by atoms with Crippen LogP contribution in [-0.4, -0.2) is 53.0 Å². The number of carboxylic acid groups (broad SMARTS) is 1. The van der Waals surface area contributed by atoms with E-state index < -0.39 is 18.1 Å². The Morgan fingerprint density at radius 3 is 2.48 bits per heavy atom. The Kier molecular flexibility index (Phi) is 4.50. The van der Waals surface area contributed by atoms with Crippen molar-refractivity contribution in [1.82, 2.24) is 10.2 Å². The average Bonchev–Trinajstić information content (AvgIpc) is 2.93. The number of carbonyl (C=O) groups excluding carboxylic acids is 2. The summed E-state index contributed by atoms with van der Waals surface area (Å²) in [5, 5.41) is 11.8. The smallest absolute Gasteiger partial charge is 0.370 e. The molecule has 0 aromatic heterocycles. The Balaban J connectivity index is 2.24. The van der Waals surface area contributed by atoms with Crippen LogP contribution in [0.2, 0.25) is 0 Å². The number of nitrogens with zero attached hydrogens (tertiary/aromatic N) is 1. The van der Waals surface area contributed by atoms with Gasteiger partial charge in [0, 0.05) is 25.9 Å². The number of ether oxygens (including phenoxy) is 1. The summed E-state index contributed by atoms with van der Waals surface area (Å²) in [4.78, 5) is 36.6. The first kappa shape index (κ1) is 15.3. The van der Waals surface area contributed by atoms with Gasteiger partial charge >= 0.3 is 5.97 Å². The number of nitrogens with one attached hydrogen (secondary N) is 1. The lowest BCUT2D eigenvalue weighted by atomic mass is 9.92. The van der Waals surface area contributed by atoms with E-state index in [2.05, 4.69) is 5.32 Å². The molecule has 21 heavy (non-hydrogen) atoms. The second-order valence-corrected chi connectivity index (χ2v) is 5.49. The van der Waals surface area contributed by atoms with E-state index in [1.54, 1.807) is 11.8 Å². The van der Waals surface area contributed by atoms with Crippen molar-refractivity contribution in [3.63, 3.8) is 0 Å². The zero-order valence-electron chi connectivity index (χ0n) is 12.2. The molecule has 0 radical (unpaired) electrons. The lowest BCUT2D eigenvalue weighted by Crippen LogP contribution is -2.56. The molecule has 2 rings (SSSR count). The predicted molar refractivity (Wildman–Crippen MR) is 73.2 cm³/mol. The van der Waals surface area contributed by atoms with Gasteiger partial charge in [-0.05, 0) is 18.9 Å². The maximum absolute atomic E-state index is 12.5. The monoisotopic (exact) mass is 296 g/mol. The number of likely N-dealkylation sites (tertiary alicyclic amines) is 1. The standard InChI is InChI=1S/C14H20N2O5/c1-8-7-10(14(19)20)21-12(11(8)15-9(2)17)13(18)16-5-3-4-6-16/h7-8,11-12H,3-6H2,1-2H3,(H,15,17)(H,19,20)/t8-,11+,12+/m0/s1. The summed E-state index contributed by atoms with van der Waals surface area (Å²) in [5.74, 6) is -2.28. The lowest BCUT2D eigenvalue weighted by Gasteiger charge is -2.36. The van der Waals surface area contributed by atoms with Crippen LogP contribution in [0.15, 0.2) is 11.8 Å². The number of amides is 2. The summed E-state index contributed by atoms with van der Waals surface area (Å²) >= 11 is 0. The molecule has 7 heteroatoms. The van der Waals surface area contributed by atoms with Gasteiger partial charge in [-0.3, -0.25) is 9.59 Å². The van der Waals surface area contributed by atoms with Crippen LogP contribution in [0.5, 0.6) is 0 Å². The zero-order valence-corrected chi connectivity index (χ0v) is 12.2. The molecule has 116 valence electrons. The summed E-state index contributed by atoms with van der Waals surface area (Å²) in [6.45, 7) is 4.41. The van der Waals surface area contributed by atoms with Gasteiger partial charge in [0.15, 0.2) is 6.10 Å². The Morgan fingerprint density at radius 2 is 1.95 bits per heavy atom. The molecular formula is C14H20N2O5. The van der Waals surface area contributed by atoms with Crippen molar-refractivity contribution in [3.8, 4) is 0 Å². The van der Waals surface area contributed by atoms with Crippen molar-refractivity contribution in [3.05, 3.63) is 11.8 Å². The fourth-order valence-corrected chi connectivity index (χ4v) is 2.75. The van der Waals surface area contributed by atoms with Crippen molar-refractivity contribution >= 4 is 17.8 Å². The minimum atomic E-state index is -1.21. The highest BCUT2D eigenvalue weighted by molar-refractivity contribution is 5.88. The van der Waals surface area contributed by atoms with E-state index >= 15 is 0 Å². The molecule has 2 aliphatic heterocycles. The first-order chi connectivity index (χ1) is 9.90. The van der Waals surface area contributed by atoms with Gasteiger partial charge in [-0.25, -0.2) is 4.79 Å². The van der Waals surface area contributed by atoms with Gasteiger partial charge in [0.1, 0.15) is 0 Å². The topological polar surface area (TPSA) is 95.9 Å². The highest BCUT2D eigenvalue weighted by atomic mass is 16.5. The van der Waals surface area contributed by atoms with E-state index in [-0.39, 0.29) is 23.5 Å². The van der Waals surface area contributed by atoms with Crippen molar-refractivity contribution in [2.24, 2.45) is 5.92 Å². The van der Waals surface area contributed by atoms with Crippen molar-refractivity contribution in [2.75, 3.05) is 13.1 Å². The van der Waals surface area contributed by atoms with E-state index in [9.17, 15) is 14.4 Å². The predicted octanol–water partition coefficient (Wildman–Crippen LogP) is 0.117. The van der Waals surface area contributed by atoms with E-state index in [0.29, 0.717) is 13.1 Å². The number of carbonyl (C=O) groups is 3. The molecule has 2 heterocycles. The van der Waals surface area contributed by atoms with Crippen molar-refractivity contribution in [2.45, 2.75) is 38.8 Å². The molecule has 0 bridgehead atoms. The molecule has 1 fully saturated rings. The molecule has 2 aliphatic rings. The highest BCUT2D eigenvalue weighted by Gasteiger charge is 2.42. The molecule has 2 amide bonds. The first-order valence-electron chi connectivity index (χ1n) is 7.08. The van der Waals surface area contributed by atoms with Crippen LogP contribution in [0.3, 0.4) is 0 Å². The van der Waals surface area contributed by atoms with Gasteiger partial charge in [-0.1, -0.05) is 6.92 Å². The Morgan fingerprint density at radius 1 is 1.33 bits per heavy atom. The van der Waals surface area contributed by atoms with Gasteiger partial charge < -0.3 is 20.1 Å². The Bertz CT molecular complexity index is 482. The van der Waals surface area contributed by atoms with Crippen LogP contribution in [0.25, 0.3) is 0 Å². The first-order valence-corrected chi connectivity index (χ1v) is 7.08. The summed E-state index contributed by atoms with van der Waals surface area (Å²) in [7, 11) is 0. The van der Waals surface area contributed by atoms with E-state index in [1.165, 1.54) is 13.0 Å². The van der Waals surface area contributed by atoms with Crippen molar-refractivity contribution < 1.29 is 24.2 Å². The third kappa shape index (κ3) is 3.34. The van der Waals surface area contributed by atoms with E-state index in [0.717, 1.165) is 12.8 Å². The minimum Gasteiger partial charge on any atom is -0.475 e. The van der Waals surface area contributed by atoms with Gasteiger partial charge in [-0.15, -0.1) is 0 Å². The minimum absolute atomic E-state index is 0.235. The molecule has 3 atom stereocenters. The molecular weight excluding hydrogens is 276 g/mol. The lowest BCUT2D eigenvalue weighted by molar-refractivity contribution is -0.149. The Hall–Kier alpha value is -2.05. The SMILES string of the molecule is CC(=O)N[C@@H]1[C@@H](C)C=C(C(=O)O)O[C@H]1C(=O)N1CCCC1. The molecule has 7 nitrogen and oxygen atoms in total. The second-order valence-electron chi connectivity index (χ2n) is 5.49. The normalized spacial score (nSPS) is 28.6. The number of rotatable bonds is 3. The van der Waals surface area contributed by atoms with E-state index in [1.807, 2.05) is 0 Å². The third-order valence-corrected chi connectivity index (χ3v) is 3.80. The van der Waals surface area contributed by atoms with Crippen LogP contribution >= 0.6 is 0 Å². The van der Waals surface area contributed by atoms with Gasteiger partial charge in [-0.2, -0.15) is 0 Å². The molecule has 2 N–H and O–H groups in total. The Labute approximate surface area is 122 Å². The summed E-state index contributed by atoms with van der Waals surface area (Å²) < 4.78 is 5.36. The molecule has 0 spiro atoms. The average molecular weight is 296 g/mol. The van der Waals surface area contributed by atoms with Crippen LogP contribution in [0.1, 0.15) is 26.7 Å². The largest absolute Gasteiger partial charge is 0.475 e. The van der Waals surface area contributed by atoms with Gasteiger partial charge in [0.05, 0.1) is 6.04 Å². The number of carboxylic acids is 1. The zero-order chi connectivity index (χ0) is 15.6.